The molecule has 7 nitrogen and oxygen atoms in total. The van der Waals surface area contributed by atoms with Gasteiger partial charge < -0.3 is 24.1 Å². The molecule has 1 N–H and O–H groups in total. The largest absolute Gasteiger partial charge is 0.455 e. The minimum Gasteiger partial charge on any atom is -0.455 e. The van der Waals surface area contributed by atoms with Crippen molar-refractivity contribution in [2.24, 2.45) is 0 Å². The smallest absolute Gasteiger partial charge is 0.268 e. The second-order valence-corrected chi connectivity index (χ2v) is 11.0. The summed E-state index contributed by atoms with van der Waals surface area (Å²) >= 11 is 12.7. The maximum Gasteiger partial charge on any atom is 0.268 e. The van der Waals surface area contributed by atoms with E-state index in [0.29, 0.717) is 27.4 Å². The normalized spacial score (nSPS) is 18.5. The van der Waals surface area contributed by atoms with Gasteiger partial charge in [0.05, 0.1) is 26.6 Å². The Labute approximate surface area is 246 Å². The Morgan fingerprint density at radius 2 is 1.80 bits per heavy atom. The van der Waals surface area contributed by atoms with E-state index in [2.05, 4.69) is 5.32 Å². The van der Waals surface area contributed by atoms with Crippen molar-refractivity contribution < 1.29 is 23.4 Å². The maximum absolute atomic E-state index is 14.6. The third kappa shape index (κ3) is 5.39. The van der Waals surface area contributed by atoms with Gasteiger partial charge >= 0.3 is 0 Å². The van der Waals surface area contributed by atoms with E-state index in [4.69, 9.17) is 42.4 Å². The number of carbonyl (C=O) groups excluding carboxylic acids is 1. The number of nitrogens with one attached hydrogen (secondary N) is 1. The molecule has 10 heteroatoms. The molecule has 6 rings (SSSR count). The van der Waals surface area contributed by atoms with Crippen molar-refractivity contribution in [1.82, 2.24) is 14.9 Å². The fraction of sp³-hybridized carbons (Fsp3) is 0.290. The quantitative estimate of drug-likeness (QED) is 0.229. The second kappa shape index (κ2) is 11.7. The van der Waals surface area contributed by atoms with Crippen LogP contribution in [0.4, 0.5) is 4.39 Å². The number of methoxy groups -OCH3 is 1. The van der Waals surface area contributed by atoms with Gasteiger partial charge in [0.2, 0.25) is 0 Å². The van der Waals surface area contributed by atoms with Crippen LogP contribution in [0.15, 0.2) is 78.8 Å². The number of rotatable bonds is 8. The van der Waals surface area contributed by atoms with Crippen molar-refractivity contribution in [3.8, 4) is 0 Å². The molecule has 2 heterocycles. The lowest BCUT2D eigenvalue weighted by molar-refractivity contribution is -0.125. The Hall–Kier alpha value is -3.59. The number of aromatic nitrogens is 2. The monoisotopic (exact) mass is 595 g/mol. The van der Waals surface area contributed by atoms with Crippen LogP contribution in [0.5, 0.6) is 0 Å². The lowest BCUT2D eigenvalue weighted by Crippen LogP contribution is -2.40. The van der Waals surface area contributed by atoms with Gasteiger partial charge in [0.1, 0.15) is 24.0 Å². The maximum atomic E-state index is 14.6. The van der Waals surface area contributed by atoms with Gasteiger partial charge in [-0.05, 0) is 30.5 Å². The summed E-state index contributed by atoms with van der Waals surface area (Å²) in [7, 11) is 1.56. The van der Waals surface area contributed by atoms with Crippen LogP contribution in [0, 0.1) is 5.82 Å². The van der Waals surface area contributed by atoms with E-state index < -0.39 is 24.3 Å². The van der Waals surface area contributed by atoms with E-state index in [0.717, 1.165) is 31.2 Å². The molecule has 1 aliphatic carbocycles. The van der Waals surface area contributed by atoms with Crippen molar-refractivity contribution in [2.75, 3.05) is 7.11 Å². The molecule has 1 amide bonds. The summed E-state index contributed by atoms with van der Waals surface area (Å²) in [6.45, 7) is 0. The third-order valence-corrected chi connectivity index (χ3v) is 8.15. The van der Waals surface area contributed by atoms with E-state index >= 15 is 0 Å². The molecule has 3 atom stereocenters. The van der Waals surface area contributed by atoms with Gasteiger partial charge in [-0.15, -0.1) is 0 Å². The zero-order chi connectivity index (χ0) is 28.5. The summed E-state index contributed by atoms with van der Waals surface area (Å²) in [4.78, 5) is 19.0. The fourth-order valence-electron chi connectivity index (χ4n) is 5.55. The minimum atomic E-state index is -1.06. The average Bonchev–Trinajstić information content (AvgIpc) is 3.73. The highest BCUT2D eigenvalue weighted by atomic mass is 35.5. The van der Waals surface area contributed by atoms with Crippen molar-refractivity contribution in [3.05, 3.63) is 112 Å². The van der Waals surface area contributed by atoms with E-state index in [1.165, 1.54) is 18.4 Å². The predicted octanol–water partition coefficient (Wildman–Crippen LogP) is 7.40. The Kier molecular flexibility index (Phi) is 7.88. The van der Waals surface area contributed by atoms with Crippen molar-refractivity contribution >= 4 is 40.1 Å². The Bertz CT molecular complexity index is 1600. The van der Waals surface area contributed by atoms with Crippen molar-refractivity contribution in [3.63, 3.8) is 0 Å². The van der Waals surface area contributed by atoms with Crippen LogP contribution in [0.1, 0.15) is 61.1 Å². The summed E-state index contributed by atoms with van der Waals surface area (Å²) in [5, 5.41) is 3.56. The van der Waals surface area contributed by atoms with Gasteiger partial charge in [0.15, 0.2) is 11.8 Å². The lowest BCUT2D eigenvalue weighted by atomic mass is 10.1. The number of amides is 1. The summed E-state index contributed by atoms with van der Waals surface area (Å²) in [5.41, 5.74) is 2.19. The number of ether oxygens (including phenoxy) is 3. The number of hydrogen-bond donors (Lipinski definition) is 1. The molecule has 1 saturated carbocycles. The summed E-state index contributed by atoms with van der Waals surface area (Å²) in [5.74, 6) is -0.299. The molecule has 1 aliphatic heterocycles. The topological polar surface area (TPSA) is 74.6 Å². The van der Waals surface area contributed by atoms with Crippen LogP contribution in [-0.2, 0) is 19.0 Å². The van der Waals surface area contributed by atoms with Crippen molar-refractivity contribution in [2.45, 2.75) is 50.2 Å². The molecule has 2 aliphatic rings. The zero-order valence-electron chi connectivity index (χ0n) is 22.2. The van der Waals surface area contributed by atoms with E-state index in [1.807, 2.05) is 42.5 Å². The highest BCUT2D eigenvalue weighted by Crippen LogP contribution is 2.41. The minimum absolute atomic E-state index is 0.0268. The molecule has 41 heavy (non-hydrogen) atoms. The molecule has 1 fully saturated rings. The number of hydrogen-bond acceptors (Lipinski definition) is 5. The summed E-state index contributed by atoms with van der Waals surface area (Å²) in [6.07, 6.45) is 3.74. The third-order valence-electron chi connectivity index (χ3n) is 7.52. The van der Waals surface area contributed by atoms with E-state index in [-0.39, 0.29) is 22.7 Å². The first-order valence-corrected chi connectivity index (χ1v) is 14.2. The molecule has 0 saturated heterocycles. The van der Waals surface area contributed by atoms with Gasteiger partial charge in [0.25, 0.3) is 12.2 Å². The Balaban J connectivity index is 1.50. The first kappa shape index (κ1) is 27.6. The molecule has 3 aromatic carbocycles. The van der Waals surface area contributed by atoms with Gasteiger partial charge in [-0.2, -0.15) is 0 Å². The van der Waals surface area contributed by atoms with E-state index in [1.54, 1.807) is 23.8 Å². The van der Waals surface area contributed by atoms with Crippen LogP contribution in [-0.4, -0.2) is 28.6 Å². The standard InChI is InChI=1S/C31H28Cl2FN3O4/c1-39-28(18-9-3-2-4-10-18)29-36-24-16-23(34)22(33)15-25(24)37(29)27(30(38)35-19-11-5-6-12-19)26-17-40-31(41-26)20-13-7-8-14-21(20)32/h2-4,7-10,13-17,19,27-28,31H,5-6,11-12H2,1H3,(H,35,38). The molecule has 0 radical (unpaired) electrons. The first-order valence-electron chi connectivity index (χ1n) is 13.5. The van der Waals surface area contributed by atoms with Crippen LogP contribution in [0.25, 0.3) is 11.0 Å². The molecule has 1 aromatic heterocycles. The predicted molar refractivity (Wildman–Crippen MR) is 154 cm³/mol. The molecule has 212 valence electrons. The lowest BCUT2D eigenvalue weighted by Gasteiger charge is -2.26. The van der Waals surface area contributed by atoms with Gasteiger partial charge in [-0.1, -0.05) is 84.6 Å². The van der Waals surface area contributed by atoms with Gasteiger partial charge in [-0.3, -0.25) is 4.79 Å². The number of carbonyl (C=O) groups is 1. The van der Waals surface area contributed by atoms with E-state index in [9.17, 15) is 9.18 Å². The van der Waals surface area contributed by atoms with Gasteiger partial charge in [-0.25, -0.2) is 9.37 Å². The first-order chi connectivity index (χ1) is 19.9. The Morgan fingerprint density at radius 1 is 1.07 bits per heavy atom. The number of fused-ring (bicyclic) bond motifs is 1. The highest BCUT2D eigenvalue weighted by Gasteiger charge is 2.39. The van der Waals surface area contributed by atoms with Crippen LogP contribution >= 0.6 is 23.2 Å². The fourth-order valence-corrected chi connectivity index (χ4v) is 5.93. The number of halogens is 3. The SMILES string of the molecule is COC(c1ccccc1)c1nc2cc(F)c(Cl)cc2n1C(C(=O)NC1CCCC1)C1=COC(c2ccccc2Cl)O1. The number of nitrogens with zero attached hydrogens (tertiary/aromatic N) is 2. The molecular formula is C31H28Cl2FN3O4. The summed E-state index contributed by atoms with van der Waals surface area (Å²) < 4.78 is 34.5. The zero-order valence-corrected chi connectivity index (χ0v) is 23.7. The van der Waals surface area contributed by atoms with Crippen LogP contribution in [0.3, 0.4) is 0 Å². The number of imidazole rings is 1. The Morgan fingerprint density at radius 3 is 2.54 bits per heavy atom. The van der Waals surface area contributed by atoms with Crippen LogP contribution in [0.2, 0.25) is 10.0 Å². The number of benzene rings is 3. The highest BCUT2D eigenvalue weighted by molar-refractivity contribution is 6.31. The van der Waals surface area contributed by atoms with Crippen molar-refractivity contribution in [1.29, 1.82) is 0 Å². The average molecular weight is 596 g/mol. The summed E-state index contributed by atoms with van der Waals surface area (Å²) in [6, 6.07) is 18.4. The second-order valence-electron chi connectivity index (χ2n) is 10.1. The van der Waals surface area contributed by atoms with Crippen LogP contribution < -0.4 is 5.32 Å². The molecular weight excluding hydrogens is 568 g/mol. The molecule has 4 aromatic rings. The molecule has 3 unspecified atom stereocenters. The van der Waals surface area contributed by atoms with Gasteiger partial charge in [0, 0.05) is 19.2 Å². The molecule has 0 bridgehead atoms. The molecule has 0 spiro atoms.